The van der Waals surface area contributed by atoms with E-state index in [1.54, 1.807) is 13.2 Å². The van der Waals surface area contributed by atoms with E-state index >= 15 is 0 Å². The number of esters is 1. The Labute approximate surface area is 97.1 Å². The van der Waals surface area contributed by atoms with E-state index in [9.17, 15) is 4.79 Å². The highest BCUT2D eigenvalue weighted by Gasteiger charge is 2.16. The highest BCUT2D eigenvalue weighted by Crippen LogP contribution is 2.16. The number of ether oxygens (including phenoxy) is 2. The van der Waals surface area contributed by atoms with E-state index in [0.29, 0.717) is 5.76 Å². The van der Waals surface area contributed by atoms with Crippen LogP contribution in [0, 0.1) is 5.92 Å². The highest BCUT2D eigenvalue weighted by atomic mass is 16.5. The number of carbonyl (C=O) groups excluding carboxylic acids is 1. The van der Waals surface area contributed by atoms with Gasteiger partial charge in [0.25, 0.3) is 0 Å². The molecule has 0 fully saturated rings. The van der Waals surface area contributed by atoms with Gasteiger partial charge >= 0.3 is 5.97 Å². The molecule has 0 aromatic rings. The summed E-state index contributed by atoms with van der Waals surface area (Å²) in [5.74, 6) is 0.467. The van der Waals surface area contributed by atoms with E-state index < -0.39 is 0 Å². The topological polar surface area (TPSA) is 35.5 Å². The van der Waals surface area contributed by atoms with Crippen molar-refractivity contribution in [2.45, 2.75) is 39.2 Å². The molecule has 0 spiro atoms. The third kappa shape index (κ3) is 3.81. The van der Waals surface area contributed by atoms with Crippen LogP contribution in [0.1, 0.15) is 33.1 Å². The predicted molar refractivity (Wildman–Crippen MR) is 62.8 cm³/mol. The van der Waals surface area contributed by atoms with E-state index in [-0.39, 0.29) is 18.0 Å². The van der Waals surface area contributed by atoms with Gasteiger partial charge < -0.3 is 9.47 Å². The van der Waals surface area contributed by atoms with Gasteiger partial charge in [0.2, 0.25) is 0 Å². The molecule has 3 nitrogen and oxygen atoms in total. The van der Waals surface area contributed by atoms with E-state index in [1.165, 1.54) is 0 Å². The Morgan fingerprint density at radius 3 is 2.88 bits per heavy atom. The molecule has 1 unspecified atom stereocenters. The first kappa shape index (κ1) is 13.0. The molecule has 0 bridgehead atoms. The first-order valence-corrected chi connectivity index (χ1v) is 5.80. The van der Waals surface area contributed by atoms with E-state index in [4.69, 9.17) is 9.47 Å². The lowest BCUT2D eigenvalue weighted by molar-refractivity contribution is -0.143. The summed E-state index contributed by atoms with van der Waals surface area (Å²) in [6.45, 7) is 3.96. The number of carbonyl (C=O) groups is 1. The van der Waals surface area contributed by atoms with Crippen molar-refractivity contribution in [2.75, 3.05) is 7.11 Å². The minimum absolute atomic E-state index is 0.0283. The molecule has 0 aromatic heterocycles. The lowest BCUT2D eigenvalue weighted by atomic mass is 10.1. The number of hydrogen-bond donors (Lipinski definition) is 0. The van der Waals surface area contributed by atoms with Crippen LogP contribution >= 0.6 is 0 Å². The number of methoxy groups -OCH3 is 1. The monoisotopic (exact) mass is 224 g/mol. The number of rotatable bonds is 5. The summed E-state index contributed by atoms with van der Waals surface area (Å²) >= 11 is 0. The fourth-order valence-corrected chi connectivity index (χ4v) is 1.60. The van der Waals surface area contributed by atoms with Crippen LogP contribution in [-0.2, 0) is 14.3 Å². The quantitative estimate of drug-likeness (QED) is 0.674. The molecule has 0 N–H and O–H groups in total. The summed E-state index contributed by atoms with van der Waals surface area (Å²) in [5, 5.41) is 0. The zero-order valence-corrected chi connectivity index (χ0v) is 10.2. The molecule has 16 heavy (non-hydrogen) atoms. The largest absolute Gasteiger partial charge is 0.427 e. The molecule has 3 heteroatoms. The molecule has 1 aliphatic rings. The van der Waals surface area contributed by atoms with Crippen LogP contribution in [0.2, 0.25) is 0 Å². The van der Waals surface area contributed by atoms with Gasteiger partial charge in [0.1, 0.15) is 5.76 Å². The fourth-order valence-electron chi connectivity index (χ4n) is 1.60. The maximum atomic E-state index is 11.6. The zero-order chi connectivity index (χ0) is 12.0. The predicted octanol–water partition coefficient (Wildman–Crippen LogP) is 2.82. The Kier molecular flexibility index (Phi) is 5.26. The molecular weight excluding hydrogens is 204 g/mol. The van der Waals surface area contributed by atoms with Crippen molar-refractivity contribution >= 4 is 5.97 Å². The summed E-state index contributed by atoms with van der Waals surface area (Å²) in [6.07, 6.45) is 8.34. The minimum atomic E-state index is -0.145. The van der Waals surface area contributed by atoms with Crippen molar-refractivity contribution in [1.82, 2.24) is 0 Å². The SMILES string of the molecule is CCC[C@@H](C)C(=O)OC1=CCC(OC)C=C1. The lowest BCUT2D eigenvalue weighted by Crippen LogP contribution is -2.16. The van der Waals surface area contributed by atoms with Gasteiger partial charge in [-0.3, -0.25) is 4.79 Å². The summed E-state index contributed by atoms with van der Waals surface area (Å²) in [5.41, 5.74) is 0. The molecule has 1 rings (SSSR count). The fraction of sp³-hybridized carbons (Fsp3) is 0.615. The van der Waals surface area contributed by atoms with Crippen molar-refractivity contribution in [3.05, 3.63) is 24.0 Å². The maximum absolute atomic E-state index is 11.6. The van der Waals surface area contributed by atoms with E-state index in [2.05, 4.69) is 6.92 Å². The Morgan fingerprint density at radius 1 is 1.62 bits per heavy atom. The Bertz CT molecular complexity index is 292. The lowest BCUT2D eigenvalue weighted by Gasteiger charge is -2.16. The third-order valence-corrected chi connectivity index (χ3v) is 2.67. The highest BCUT2D eigenvalue weighted by molar-refractivity contribution is 5.73. The minimum Gasteiger partial charge on any atom is -0.427 e. The first-order valence-electron chi connectivity index (χ1n) is 5.80. The van der Waals surface area contributed by atoms with Crippen LogP contribution in [0.3, 0.4) is 0 Å². The van der Waals surface area contributed by atoms with Crippen molar-refractivity contribution in [3.63, 3.8) is 0 Å². The molecule has 0 aromatic carbocycles. The van der Waals surface area contributed by atoms with Gasteiger partial charge in [0.15, 0.2) is 0 Å². The summed E-state index contributed by atoms with van der Waals surface area (Å²) in [6, 6.07) is 0. The molecule has 0 radical (unpaired) electrons. The van der Waals surface area contributed by atoms with Crippen LogP contribution in [-0.4, -0.2) is 19.2 Å². The van der Waals surface area contributed by atoms with Gasteiger partial charge in [-0.05, 0) is 25.0 Å². The molecular formula is C13H20O3. The van der Waals surface area contributed by atoms with Crippen LogP contribution in [0.25, 0.3) is 0 Å². The van der Waals surface area contributed by atoms with Crippen molar-refractivity contribution in [2.24, 2.45) is 5.92 Å². The molecule has 0 amide bonds. The van der Waals surface area contributed by atoms with Gasteiger partial charge in [0.05, 0.1) is 12.0 Å². The van der Waals surface area contributed by atoms with Gasteiger partial charge in [-0.15, -0.1) is 0 Å². The number of hydrogen-bond acceptors (Lipinski definition) is 3. The normalized spacial score (nSPS) is 21.4. The van der Waals surface area contributed by atoms with Gasteiger partial charge in [-0.1, -0.05) is 26.3 Å². The Morgan fingerprint density at radius 2 is 2.38 bits per heavy atom. The van der Waals surface area contributed by atoms with Crippen molar-refractivity contribution in [1.29, 1.82) is 0 Å². The van der Waals surface area contributed by atoms with Gasteiger partial charge in [-0.25, -0.2) is 0 Å². The average molecular weight is 224 g/mol. The Balaban J connectivity index is 2.41. The maximum Gasteiger partial charge on any atom is 0.314 e. The molecule has 0 heterocycles. The first-order chi connectivity index (χ1) is 7.67. The van der Waals surface area contributed by atoms with E-state index in [1.807, 2.05) is 19.1 Å². The summed E-state index contributed by atoms with van der Waals surface area (Å²) in [7, 11) is 1.67. The second-order valence-corrected chi connectivity index (χ2v) is 4.09. The van der Waals surface area contributed by atoms with Gasteiger partial charge in [0, 0.05) is 7.11 Å². The second-order valence-electron chi connectivity index (χ2n) is 4.09. The smallest absolute Gasteiger partial charge is 0.314 e. The van der Waals surface area contributed by atoms with Crippen LogP contribution in [0.4, 0.5) is 0 Å². The molecule has 0 saturated heterocycles. The van der Waals surface area contributed by atoms with Gasteiger partial charge in [-0.2, -0.15) is 0 Å². The molecule has 2 atom stereocenters. The zero-order valence-electron chi connectivity index (χ0n) is 10.2. The second kappa shape index (κ2) is 6.48. The third-order valence-electron chi connectivity index (χ3n) is 2.67. The van der Waals surface area contributed by atoms with Crippen molar-refractivity contribution < 1.29 is 14.3 Å². The molecule has 0 aliphatic heterocycles. The Hall–Kier alpha value is -1.09. The average Bonchev–Trinajstić information content (AvgIpc) is 2.30. The summed E-state index contributed by atoms with van der Waals surface area (Å²) in [4.78, 5) is 11.6. The number of allylic oxidation sites excluding steroid dienone is 1. The molecule has 1 aliphatic carbocycles. The van der Waals surface area contributed by atoms with Crippen LogP contribution in [0.15, 0.2) is 24.0 Å². The van der Waals surface area contributed by atoms with Crippen molar-refractivity contribution in [3.8, 4) is 0 Å². The van der Waals surface area contributed by atoms with Crippen LogP contribution in [0.5, 0.6) is 0 Å². The summed E-state index contributed by atoms with van der Waals surface area (Å²) < 4.78 is 10.4. The molecule has 0 saturated carbocycles. The van der Waals surface area contributed by atoms with E-state index in [0.717, 1.165) is 19.3 Å². The van der Waals surface area contributed by atoms with Crippen LogP contribution < -0.4 is 0 Å². The molecule has 90 valence electrons. The standard InChI is InChI=1S/C13H20O3/c1-4-5-10(2)13(14)16-12-8-6-11(15-3)7-9-12/h6,8-11H,4-5,7H2,1-3H3/t10-,11?/m1/s1.